The summed E-state index contributed by atoms with van der Waals surface area (Å²) >= 11 is 7.62. The van der Waals surface area contributed by atoms with Gasteiger partial charge >= 0.3 is 7.60 Å². The molecule has 0 saturated carbocycles. The third-order valence-corrected chi connectivity index (χ3v) is 8.11. The first-order valence-corrected chi connectivity index (χ1v) is 12.2. The van der Waals surface area contributed by atoms with Crippen LogP contribution in [-0.4, -0.2) is 19.1 Å². The first-order valence-electron chi connectivity index (χ1n) is 9.34. The normalized spacial score (nSPS) is 17.2. The maximum Gasteiger partial charge on any atom is 0.347 e. The van der Waals surface area contributed by atoms with E-state index in [-0.39, 0.29) is 13.2 Å². The molecule has 2 aromatic carbocycles. The Morgan fingerprint density at radius 2 is 2.03 bits per heavy atom. The van der Waals surface area contributed by atoms with Crippen LogP contribution in [0.25, 0.3) is 16.2 Å². The minimum absolute atomic E-state index is 0.281. The fourth-order valence-electron chi connectivity index (χ4n) is 3.28. The molecule has 1 unspecified atom stereocenters. The molecule has 3 N–H and O–H groups in total. The number of anilines is 1. The number of benzene rings is 2. The van der Waals surface area contributed by atoms with Gasteiger partial charge in [0.05, 0.1) is 13.2 Å². The van der Waals surface area contributed by atoms with Gasteiger partial charge in [-0.15, -0.1) is 11.3 Å². The van der Waals surface area contributed by atoms with E-state index in [9.17, 15) is 9.36 Å². The number of thiophene rings is 1. The number of amides is 1. The number of carbonyl (C=O) groups is 1. The van der Waals surface area contributed by atoms with Crippen LogP contribution >= 0.6 is 30.5 Å². The first kappa shape index (κ1) is 21.1. The molecule has 1 aliphatic heterocycles. The second kappa shape index (κ2) is 8.92. The van der Waals surface area contributed by atoms with Crippen LogP contribution in [0, 0.1) is 0 Å². The van der Waals surface area contributed by atoms with Gasteiger partial charge in [-0.3, -0.25) is 9.36 Å². The molecule has 1 aliphatic rings. The van der Waals surface area contributed by atoms with Crippen LogP contribution < -0.4 is 11.1 Å². The standard InChI is InChI=1S/C21H20ClN2O4PS/c22-15-5-6-19-17(12-15)18(13-30-19)20(29(26)27-9-2-10-28-29)21(25)24-8-7-14-3-1-4-16(23)11-14/h1,3-8,11-13,20H,2,9-10,23H2,(H,24,25)/b8-7+. The van der Waals surface area contributed by atoms with E-state index in [1.807, 2.05) is 23.6 Å². The van der Waals surface area contributed by atoms with Gasteiger partial charge in [-0.05, 0) is 64.7 Å². The molecule has 0 radical (unpaired) electrons. The lowest BCUT2D eigenvalue weighted by Gasteiger charge is -2.29. The molecule has 30 heavy (non-hydrogen) atoms. The van der Waals surface area contributed by atoms with Crippen LogP contribution in [0.15, 0.2) is 54.0 Å². The molecule has 2 heterocycles. The lowest BCUT2D eigenvalue weighted by atomic mass is 10.1. The summed E-state index contributed by atoms with van der Waals surface area (Å²) in [4.78, 5) is 13.2. The molecule has 1 fully saturated rings. The van der Waals surface area contributed by atoms with Gasteiger partial charge in [-0.1, -0.05) is 23.7 Å². The quantitative estimate of drug-likeness (QED) is 0.380. The van der Waals surface area contributed by atoms with E-state index in [4.69, 9.17) is 26.4 Å². The summed E-state index contributed by atoms with van der Waals surface area (Å²) in [7, 11) is -3.71. The Hall–Kier alpha value is -2.15. The van der Waals surface area contributed by atoms with Crippen molar-refractivity contribution in [2.45, 2.75) is 12.1 Å². The van der Waals surface area contributed by atoms with Crippen LogP contribution in [0.2, 0.25) is 5.02 Å². The number of carbonyl (C=O) groups excluding carboxylic acids is 1. The Morgan fingerprint density at radius 1 is 1.23 bits per heavy atom. The third-order valence-electron chi connectivity index (χ3n) is 4.67. The lowest BCUT2D eigenvalue weighted by molar-refractivity contribution is -0.120. The van der Waals surface area contributed by atoms with E-state index in [0.717, 1.165) is 15.6 Å². The molecule has 156 valence electrons. The van der Waals surface area contributed by atoms with Crippen molar-refractivity contribution in [1.29, 1.82) is 0 Å². The van der Waals surface area contributed by atoms with E-state index < -0.39 is 19.2 Å². The van der Waals surface area contributed by atoms with E-state index in [1.165, 1.54) is 17.5 Å². The number of halogens is 1. The summed E-state index contributed by atoms with van der Waals surface area (Å²) in [6.45, 7) is 0.562. The van der Waals surface area contributed by atoms with Gasteiger partial charge in [-0.2, -0.15) is 0 Å². The van der Waals surface area contributed by atoms with Crippen molar-refractivity contribution >= 4 is 58.3 Å². The summed E-state index contributed by atoms with van der Waals surface area (Å²) in [6, 6.07) is 12.7. The van der Waals surface area contributed by atoms with E-state index in [2.05, 4.69) is 5.32 Å². The van der Waals surface area contributed by atoms with Gasteiger partial charge < -0.3 is 20.1 Å². The zero-order valence-electron chi connectivity index (χ0n) is 15.9. The summed E-state index contributed by atoms with van der Waals surface area (Å²) in [6.07, 6.45) is 3.85. The van der Waals surface area contributed by atoms with Crippen LogP contribution in [-0.2, 0) is 18.4 Å². The van der Waals surface area contributed by atoms with Crippen molar-refractivity contribution < 1.29 is 18.4 Å². The summed E-state index contributed by atoms with van der Waals surface area (Å²) in [5.41, 5.74) is 6.71. The topological polar surface area (TPSA) is 90.7 Å². The summed E-state index contributed by atoms with van der Waals surface area (Å²) < 4.78 is 25.5. The molecule has 9 heteroatoms. The lowest BCUT2D eigenvalue weighted by Crippen LogP contribution is -2.28. The second-order valence-electron chi connectivity index (χ2n) is 6.81. The highest BCUT2D eigenvalue weighted by Crippen LogP contribution is 2.63. The third kappa shape index (κ3) is 4.46. The van der Waals surface area contributed by atoms with Crippen LogP contribution in [0.4, 0.5) is 5.69 Å². The maximum absolute atomic E-state index is 13.5. The fourth-order valence-corrected chi connectivity index (χ4v) is 6.57. The van der Waals surface area contributed by atoms with Gasteiger partial charge in [0.2, 0.25) is 5.91 Å². The Bertz CT molecular complexity index is 1150. The highest BCUT2D eigenvalue weighted by molar-refractivity contribution is 7.55. The van der Waals surface area contributed by atoms with Gasteiger partial charge in [0, 0.05) is 21.6 Å². The Morgan fingerprint density at radius 3 is 2.80 bits per heavy atom. The van der Waals surface area contributed by atoms with Crippen LogP contribution in [0.3, 0.4) is 0 Å². The molecule has 0 spiro atoms. The number of nitrogens with one attached hydrogen (secondary N) is 1. The minimum atomic E-state index is -3.71. The Labute approximate surface area is 183 Å². The van der Waals surface area contributed by atoms with Crippen molar-refractivity contribution in [3.63, 3.8) is 0 Å². The van der Waals surface area contributed by atoms with Crippen molar-refractivity contribution in [3.05, 3.63) is 70.2 Å². The van der Waals surface area contributed by atoms with E-state index in [0.29, 0.717) is 22.7 Å². The van der Waals surface area contributed by atoms with Gasteiger partial charge in [0.15, 0.2) is 5.66 Å². The van der Waals surface area contributed by atoms with Gasteiger partial charge in [0.25, 0.3) is 0 Å². The smallest absolute Gasteiger partial charge is 0.347 e. The van der Waals surface area contributed by atoms with E-state index in [1.54, 1.807) is 30.3 Å². The van der Waals surface area contributed by atoms with Crippen molar-refractivity contribution in [3.8, 4) is 0 Å². The number of hydrogen-bond acceptors (Lipinski definition) is 6. The molecule has 3 aromatic rings. The first-order chi connectivity index (χ1) is 14.5. The zero-order valence-corrected chi connectivity index (χ0v) is 18.4. The minimum Gasteiger partial charge on any atom is -0.399 e. The fraction of sp³-hybridized carbons (Fsp3) is 0.190. The molecule has 1 atom stereocenters. The summed E-state index contributed by atoms with van der Waals surface area (Å²) in [5, 5.41) is 5.83. The maximum atomic E-state index is 13.5. The predicted molar refractivity (Wildman–Crippen MR) is 122 cm³/mol. The Kier molecular flexibility index (Phi) is 6.27. The van der Waals surface area contributed by atoms with Gasteiger partial charge in [0.1, 0.15) is 0 Å². The molecule has 1 saturated heterocycles. The molecular weight excluding hydrogens is 443 g/mol. The summed E-state index contributed by atoms with van der Waals surface area (Å²) in [5.74, 6) is -0.472. The second-order valence-corrected chi connectivity index (χ2v) is 10.3. The molecule has 0 aliphatic carbocycles. The van der Waals surface area contributed by atoms with Crippen LogP contribution in [0.5, 0.6) is 0 Å². The highest BCUT2D eigenvalue weighted by atomic mass is 35.5. The SMILES string of the molecule is Nc1cccc(/C=C/NC(=O)C(c2csc3ccc(Cl)cc23)P2(=O)OCCCO2)c1. The van der Waals surface area contributed by atoms with Crippen molar-refractivity contribution in [2.24, 2.45) is 0 Å². The average Bonchev–Trinajstić information content (AvgIpc) is 3.11. The average molecular weight is 463 g/mol. The molecule has 4 rings (SSSR count). The number of fused-ring (bicyclic) bond motifs is 1. The molecular formula is C21H20ClN2O4PS. The monoisotopic (exact) mass is 462 g/mol. The number of nitrogens with two attached hydrogens (primary N) is 1. The molecule has 0 bridgehead atoms. The van der Waals surface area contributed by atoms with E-state index >= 15 is 0 Å². The zero-order chi connectivity index (χ0) is 21.1. The van der Waals surface area contributed by atoms with Crippen molar-refractivity contribution in [1.82, 2.24) is 5.32 Å². The largest absolute Gasteiger partial charge is 0.399 e. The van der Waals surface area contributed by atoms with Crippen molar-refractivity contribution in [2.75, 3.05) is 18.9 Å². The predicted octanol–water partition coefficient (Wildman–Crippen LogP) is 5.60. The Balaban J connectivity index is 1.67. The van der Waals surface area contributed by atoms with Gasteiger partial charge in [-0.25, -0.2) is 0 Å². The van der Waals surface area contributed by atoms with Crippen LogP contribution in [0.1, 0.15) is 23.2 Å². The number of rotatable bonds is 5. The molecule has 6 nitrogen and oxygen atoms in total. The highest BCUT2D eigenvalue weighted by Gasteiger charge is 2.45. The number of nitrogen functional groups attached to an aromatic ring is 1. The number of hydrogen-bond donors (Lipinski definition) is 2. The molecule has 1 amide bonds. The molecule has 1 aromatic heterocycles.